The van der Waals surface area contributed by atoms with Gasteiger partial charge in [0.25, 0.3) is 5.91 Å². The monoisotopic (exact) mass is 512 g/mol. The number of ether oxygens (including phenoxy) is 1. The van der Waals surface area contributed by atoms with Crippen molar-refractivity contribution < 1.29 is 18.8 Å². The minimum absolute atomic E-state index is 0.0425. The first-order valence-corrected chi connectivity index (χ1v) is 13.4. The number of likely N-dealkylation sites (tertiary alicyclic amines) is 1. The van der Waals surface area contributed by atoms with Crippen LogP contribution in [0.4, 0.5) is 10.6 Å². The largest absolute Gasteiger partial charge is 0.489 e. The normalized spacial score (nSPS) is 21.3. The number of amides is 3. The van der Waals surface area contributed by atoms with Gasteiger partial charge in [-0.15, -0.1) is 0 Å². The molecule has 3 amide bonds. The summed E-state index contributed by atoms with van der Waals surface area (Å²) in [5.41, 5.74) is 0.207. The SMILES string of the molecule is CCN1CCC(Oc2ccc(C(=O)NC3CCC(NC(=O)Nc4cc(C(C)(C)C)on4)CC3)nc2)CC1. The van der Waals surface area contributed by atoms with E-state index in [1.54, 1.807) is 18.3 Å². The summed E-state index contributed by atoms with van der Waals surface area (Å²) in [6, 6.07) is 5.09. The van der Waals surface area contributed by atoms with E-state index in [0.717, 1.165) is 58.2 Å². The third kappa shape index (κ3) is 7.67. The van der Waals surface area contributed by atoms with Gasteiger partial charge in [-0.05, 0) is 57.2 Å². The van der Waals surface area contributed by atoms with Crippen LogP contribution in [0.5, 0.6) is 5.75 Å². The maximum Gasteiger partial charge on any atom is 0.320 e. The summed E-state index contributed by atoms with van der Waals surface area (Å²) in [6.45, 7) is 11.4. The predicted molar refractivity (Wildman–Crippen MR) is 141 cm³/mol. The zero-order valence-electron chi connectivity index (χ0n) is 22.4. The quantitative estimate of drug-likeness (QED) is 0.511. The molecule has 1 saturated carbocycles. The number of anilines is 1. The Morgan fingerprint density at radius 3 is 2.30 bits per heavy atom. The van der Waals surface area contributed by atoms with Crippen molar-refractivity contribution in [2.75, 3.05) is 25.0 Å². The first-order chi connectivity index (χ1) is 17.7. The Bertz CT molecular complexity index is 1030. The van der Waals surface area contributed by atoms with Crippen molar-refractivity contribution in [3.63, 3.8) is 0 Å². The minimum atomic E-state index is -0.302. The average molecular weight is 513 g/mol. The second kappa shape index (κ2) is 11.9. The first kappa shape index (κ1) is 26.9. The number of hydrogen-bond acceptors (Lipinski definition) is 7. The Morgan fingerprint density at radius 1 is 1.05 bits per heavy atom. The molecule has 2 aliphatic rings. The van der Waals surface area contributed by atoms with Crippen molar-refractivity contribution in [3.8, 4) is 5.75 Å². The van der Waals surface area contributed by atoms with E-state index in [0.29, 0.717) is 23.0 Å². The van der Waals surface area contributed by atoms with Crippen LogP contribution in [-0.2, 0) is 5.41 Å². The van der Waals surface area contributed by atoms with E-state index in [2.05, 4.69) is 37.9 Å². The zero-order chi connectivity index (χ0) is 26.4. The summed E-state index contributed by atoms with van der Waals surface area (Å²) in [7, 11) is 0. The van der Waals surface area contributed by atoms with E-state index in [1.165, 1.54) is 0 Å². The van der Waals surface area contributed by atoms with Crippen molar-refractivity contribution in [1.82, 2.24) is 25.7 Å². The second-order valence-corrected chi connectivity index (χ2v) is 11.1. The molecule has 10 heteroatoms. The average Bonchev–Trinajstić information content (AvgIpc) is 3.35. The molecule has 0 bridgehead atoms. The number of carbonyl (C=O) groups excluding carboxylic acids is 2. The molecule has 2 aromatic heterocycles. The number of nitrogens with zero attached hydrogens (tertiary/aromatic N) is 3. The van der Waals surface area contributed by atoms with Crippen molar-refractivity contribution in [2.24, 2.45) is 0 Å². The lowest BCUT2D eigenvalue weighted by Crippen LogP contribution is -2.45. The molecule has 0 spiro atoms. The van der Waals surface area contributed by atoms with Gasteiger partial charge in [0.2, 0.25) is 0 Å². The lowest BCUT2D eigenvalue weighted by Gasteiger charge is -2.31. The smallest absolute Gasteiger partial charge is 0.320 e. The summed E-state index contributed by atoms with van der Waals surface area (Å²) in [6.07, 6.45) is 6.98. The second-order valence-electron chi connectivity index (χ2n) is 11.1. The van der Waals surface area contributed by atoms with Crippen LogP contribution in [0.25, 0.3) is 0 Å². The van der Waals surface area contributed by atoms with Crippen molar-refractivity contribution in [2.45, 2.75) is 89.8 Å². The molecule has 37 heavy (non-hydrogen) atoms. The number of nitrogens with one attached hydrogen (secondary N) is 3. The standard InChI is InChI=1S/C27H40N6O4/c1-5-33-14-12-20(13-15-33)36-21-10-11-22(28-17-21)25(34)29-18-6-8-19(9-7-18)30-26(35)31-24-16-23(37-32-24)27(2,3)4/h10-11,16-20H,5-9,12-15H2,1-4H3,(H,29,34)(H2,30,31,32,35). The highest BCUT2D eigenvalue weighted by Gasteiger charge is 2.26. The molecule has 0 aromatic carbocycles. The molecule has 2 fully saturated rings. The van der Waals surface area contributed by atoms with Gasteiger partial charge < -0.3 is 24.8 Å². The van der Waals surface area contributed by atoms with Crippen LogP contribution < -0.4 is 20.7 Å². The van der Waals surface area contributed by atoms with Gasteiger partial charge in [-0.1, -0.05) is 32.9 Å². The lowest BCUT2D eigenvalue weighted by molar-refractivity contribution is 0.0918. The number of urea groups is 1. The Kier molecular flexibility index (Phi) is 8.68. The zero-order valence-corrected chi connectivity index (χ0v) is 22.4. The summed E-state index contributed by atoms with van der Waals surface area (Å²) < 4.78 is 11.4. The minimum Gasteiger partial charge on any atom is -0.489 e. The molecule has 1 aliphatic heterocycles. The molecule has 202 valence electrons. The maximum absolute atomic E-state index is 12.7. The van der Waals surface area contributed by atoms with Crippen LogP contribution in [0.3, 0.4) is 0 Å². The Labute approximate surface area is 218 Å². The van der Waals surface area contributed by atoms with E-state index in [4.69, 9.17) is 9.26 Å². The molecule has 0 atom stereocenters. The molecular weight excluding hydrogens is 472 g/mol. The molecule has 1 saturated heterocycles. The molecule has 10 nitrogen and oxygen atoms in total. The third-order valence-corrected chi connectivity index (χ3v) is 7.14. The molecular formula is C27H40N6O4. The molecule has 1 aliphatic carbocycles. The highest BCUT2D eigenvalue weighted by molar-refractivity contribution is 5.92. The van der Waals surface area contributed by atoms with Gasteiger partial charge in [0, 0.05) is 36.7 Å². The third-order valence-electron chi connectivity index (χ3n) is 7.14. The van der Waals surface area contributed by atoms with Gasteiger partial charge in [0.15, 0.2) is 5.82 Å². The van der Waals surface area contributed by atoms with Crippen LogP contribution in [0.2, 0.25) is 0 Å². The van der Waals surface area contributed by atoms with Crippen LogP contribution >= 0.6 is 0 Å². The van der Waals surface area contributed by atoms with Gasteiger partial charge in [-0.2, -0.15) is 0 Å². The van der Waals surface area contributed by atoms with E-state index in [9.17, 15) is 9.59 Å². The van der Waals surface area contributed by atoms with Crippen LogP contribution in [0.1, 0.15) is 82.5 Å². The predicted octanol–water partition coefficient (Wildman–Crippen LogP) is 4.09. The highest BCUT2D eigenvalue weighted by Crippen LogP contribution is 2.25. The fourth-order valence-corrected chi connectivity index (χ4v) is 4.79. The molecule has 2 aromatic rings. The molecule has 0 unspecified atom stereocenters. The number of rotatable bonds is 7. The number of hydrogen-bond donors (Lipinski definition) is 3. The number of aromatic nitrogens is 2. The maximum atomic E-state index is 12.7. The van der Waals surface area contributed by atoms with Gasteiger partial charge in [0.1, 0.15) is 23.3 Å². The molecule has 3 N–H and O–H groups in total. The molecule has 4 rings (SSSR count). The van der Waals surface area contributed by atoms with Gasteiger partial charge in [-0.25, -0.2) is 9.78 Å². The van der Waals surface area contributed by atoms with E-state index < -0.39 is 0 Å². The van der Waals surface area contributed by atoms with Crippen molar-refractivity contribution in [3.05, 3.63) is 35.9 Å². The summed E-state index contributed by atoms with van der Waals surface area (Å²) >= 11 is 0. The lowest BCUT2D eigenvalue weighted by atomic mass is 9.91. The Hall–Kier alpha value is -3.14. The van der Waals surface area contributed by atoms with Gasteiger partial charge in [-0.3, -0.25) is 10.1 Å². The van der Waals surface area contributed by atoms with Gasteiger partial charge in [0.05, 0.1) is 6.20 Å². The Morgan fingerprint density at radius 2 is 1.73 bits per heavy atom. The van der Waals surface area contributed by atoms with Crippen molar-refractivity contribution >= 4 is 17.8 Å². The van der Waals surface area contributed by atoms with Gasteiger partial charge >= 0.3 is 6.03 Å². The fraction of sp³-hybridized carbons (Fsp3) is 0.630. The number of carbonyl (C=O) groups is 2. The summed E-state index contributed by atoms with van der Waals surface area (Å²) in [5, 5.41) is 12.7. The Balaban J connectivity index is 1.16. The number of piperidine rings is 1. The number of pyridine rings is 1. The first-order valence-electron chi connectivity index (χ1n) is 13.4. The van der Waals surface area contributed by atoms with Crippen molar-refractivity contribution in [1.29, 1.82) is 0 Å². The van der Waals surface area contributed by atoms with E-state index in [1.807, 2.05) is 26.8 Å². The highest BCUT2D eigenvalue weighted by atomic mass is 16.5. The summed E-state index contributed by atoms with van der Waals surface area (Å²) in [5.74, 6) is 1.63. The topological polar surface area (TPSA) is 122 Å². The van der Waals surface area contributed by atoms with Crippen LogP contribution in [0.15, 0.2) is 28.9 Å². The summed E-state index contributed by atoms with van der Waals surface area (Å²) in [4.78, 5) is 31.8. The van der Waals surface area contributed by atoms with E-state index in [-0.39, 0.29) is 35.5 Å². The fourth-order valence-electron chi connectivity index (χ4n) is 4.79. The van der Waals surface area contributed by atoms with Crippen LogP contribution in [-0.4, -0.2) is 64.8 Å². The van der Waals surface area contributed by atoms with Crippen LogP contribution in [0, 0.1) is 0 Å². The molecule has 0 radical (unpaired) electrons. The van der Waals surface area contributed by atoms with E-state index >= 15 is 0 Å². The molecule has 3 heterocycles.